The van der Waals surface area contributed by atoms with Crippen molar-refractivity contribution in [1.29, 1.82) is 5.26 Å². The SMILES string of the molecule is N#Cc1c(-c2ccccc2)nc(NN=Cc2ccc3ccn(Cc4ccccc4F)c3c2)[nH]c1=O. The first-order valence-corrected chi connectivity index (χ1v) is 10.8. The minimum atomic E-state index is -0.550. The van der Waals surface area contributed by atoms with Crippen LogP contribution in [0.5, 0.6) is 0 Å². The zero-order chi connectivity index (χ0) is 24.2. The molecule has 0 bridgehead atoms. The zero-order valence-electron chi connectivity index (χ0n) is 18.4. The van der Waals surface area contributed by atoms with E-state index in [-0.39, 0.29) is 23.0 Å². The number of nitriles is 1. The first-order valence-electron chi connectivity index (χ1n) is 10.8. The van der Waals surface area contributed by atoms with Crippen molar-refractivity contribution in [2.75, 3.05) is 5.43 Å². The van der Waals surface area contributed by atoms with Crippen LogP contribution >= 0.6 is 0 Å². The summed E-state index contributed by atoms with van der Waals surface area (Å²) in [6, 6.07) is 25.4. The number of hydrogen-bond donors (Lipinski definition) is 2. The standard InChI is InChI=1S/C27H19FN6O/c28-23-9-5-4-8-21(23)17-34-13-12-19-11-10-18(14-24(19)34)16-30-33-27-31-25(20-6-2-1-3-7-20)22(15-29)26(35)32-27/h1-14,16H,17H2,(H2,31,32,33,35). The Labute approximate surface area is 199 Å². The van der Waals surface area contributed by atoms with Gasteiger partial charge in [0.25, 0.3) is 5.56 Å². The van der Waals surface area contributed by atoms with Crippen molar-refractivity contribution in [1.82, 2.24) is 14.5 Å². The van der Waals surface area contributed by atoms with Crippen LogP contribution in [-0.4, -0.2) is 20.7 Å². The van der Waals surface area contributed by atoms with Crippen LogP contribution < -0.4 is 11.0 Å². The van der Waals surface area contributed by atoms with E-state index in [1.165, 1.54) is 6.07 Å². The van der Waals surface area contributed by atoms with Gasteiger partial charge in [-0.25, -0.2) is 14.8 Å². The third-order valence-corrected chi connectivity index (χ3v) is 5.56. The Kier molecular flexibility index (Phi) is 5.89. The number of hydrazone groups is 1. The summed E-state index contributed by atoms with van der Waals surface area (Å²) in [6.45, 7) is 0.410. The lowest BCUT2D eigenvalue weighted by atomic mass is 10.1. The maximum atomic E-state index is 14.1. The van der Waals surface area contributed by atoms with E-state index in [1.807, 2.05) is 65.4 Å². The van der Waals surface area contributed by atoms with Gasteiger partial charge < -0.3 is 4.57 Å². The fourth-order valence-electron chi connectivity index (χ4n) is 3.83. The third kappa shape index (κ3) is 4.56. The van der Waals surface area contributed by atoms with Crippen LogP contribution in [0.3, 0.4) is 0 Å². The summed E-state index contributed by atoms with van der Waals surface area (Å²) in [5, 5.41) is 14.6. The molecule has 0 aliphatic carbocycles. The number of anilines is 1. The molecule has 0 fully saturated rings. The zero-order valence-corrected chi connectivity index (χ0v) is 18.4. The van der Waals surface area contributed by atoms with E-state index >= 15 is 0 Å². The molecule has 0 unspecified atom stereocenters. The second-order valence-corrected chi connectivity index (χ2v) is 7.84. The molecule has 0 spiro atoms. The molecular weight excluding hydrogens is 443 g/mol. The molecule has 0 saturated heterocycles. The van der Waals surface area contributed by atoms with Gasteiger partial charge in [0.05, 0.1) is 18.5 Å². The molecule has 0 atom stereocenters. The Bertz CT molecular complexity index is 1650. The molecule has 0 aliphatic heterocycles. The van der Waals surface area contributed by atoms with Crippen molar-refractivity contribution in [3.63, 3.8) is 0 Å². The Balaban J connectivity index is 1.40. The quantitative estimate of drug-likeness (QED) is 0.277. The number of nitrogens with zero attached hydrogens (tertiary/aromatic N) is 4. The second-order valence-electron chi connectivity index (χ2n) is 7.84. The minimum absolute atomic E-state index is 0.0632. The summed E-state index contributed by atoms with van der Waals surface area (Å²) in [6.07, 6.45) is 3.52. The molecular formula is C27H19FN6O. The molecule has 170 valence electrons. The Hall–Kier alpha value is -5.03. The van der Waals surface area contributed by atoms with Crippen LogP contribution in [0, 0.1) is 17.1 Å². The van der Waals surface area contributed by atoms with Gasteiger partial charge in [-0.15, -0.1) is 0 Å². The van der Waals surface area contributed by atoms with Crippen LogP contribution in [0.4, 0.5) is 10.3 Å². The highest BCUT2D eigenvalue weighted by molar-refractivity contribution is 5.89. The average molecular weight is 462 g/mol. The normalized spacial score (nSPS) is 11.1. The van der Waals surface area contributed by atoms with Crippen LogP contribution in [0.15, 0.2) is 95.0 Å². The summed E-state index contributed by atoms with van der Waals surface area (Å²) in [4.78, 5) is 19.3. The Morgan fingerprint density at radius 2 is 1.89 bits per heavy atom. The largest absolute Gasteiger partial charge is 0.343 e. The smallest absolute Gasteiger partial charge is 0.270 e. The minimum Gasteiger partial charge on any atom is -0.343 e. The molecule has 8 heteroatoms. The van der Waals surface area contributed by atoms with E-state index in [9.17, 15) is 14.4 Å². The maximum absolute atomic E-state index is 14.1. The van der Waals surface area contributed by atoms with Crippen LogP contribution in [0.25, 0.3) is 22.2 Å². The van der Waals surface area contributed by atoms with Gasteiger partial charge in [-0.3, -0.25) is 9.78 Å². The van der Waals surface area contributed by atoms with Gasteiger partial charge in [0.1, 0.15) is 17.4 Å². The first kappa shape index (κ1) is 21.8. The molecule has 3 aromatic carbocycles. The molecule has 0 radical (unpaired) electrons. The highest BCUT2D eigenvalue weighted by Crippen LogP contribution is 2.21. The lowest BCUT2D eigenvalue weighted by molar-refractivity contribution is 0.602. The third-order valence-electron chi connectivity index (χ3n) is 5.56. The molecule has 2 N–H and O–H groups in total. The van der Waals surface area contributed by atoms with E-state index in [4.69, 9.17) is 0 Å². The van der Waals surface area contributed by atoms with Crippen molar-refractivity contribution in [3.05, 3.63) is 118 Å². The lowest BCUT2D eigenvalue weighted by Gasteiger charge is -2.07. The first-order chi connectivity index (χ1) is 17.1. The number of aromatic amines is 1. The molecule has 2 aromatic heterocycles. The highest BCUT2D eigenvalue weighted by atomic mass is 19.1. The van der Waals surface area contributed by atoms with Gasteiger partial charge in [0.15, 0.2) is 0 Å². The summed E-state index contributed by atoms with van der Waals surface area (Å²) in [5.41, 5.74) is 5.41. The van der Waals surface area contributed by atoms with Crippen molar-refractivity contribution in [3.8, 4) is 17.3 Å². The van der Waals surface area contributed by atoms with E-state index < -0.39 is 5.56 Å². The molecule has 0 saturated carbocycles. The Morgan fingerprint density at radius 3 is 2.69 bits per heavy atom. The van der Waals surface area contributed by atoms with Gasteiger partial charge in [-0.2, -0.15) is 10.4 Å². The molecule has 5 rings (SSSR count). The molecule has 2 heterocycles. The van der Waals surface area contributed by atoms with Gasteiger partial charge in [-0.05, 0) is 29.1 Å². The van der Waals surface area contributed by atoms with Crippen molar-refractivity contribution >= 4 is 23.1 Å². The van der Waals surface area contributed by atoms with Crippen molar-refractivity contribution < 1.29 is 4.39 Å². The molecule has 35 heavy (non-hydrogen) atoms. The fourth-order valence-corrected chi connectivity index (χ4v) is 3.83. The monoisotopic (exact) mass is 462 g/mol. The van der Waals surface area contributed by atoms with Crippen molar-refractivity contribution in [2.45, 2.75) is 6.54 Å². The summed E-state index contributed by atoms with van der Waals surface area (Å²) in [7, 11) is 0. The number of rotatable bonds is 6. The van der Waals surface area contributed by atoms with E-state index in [0.29, 0.717) is 17.7 Å². The molecule has 0 amide bonds. The summed E-state index contributed by atoms with van der Waals surface area (Å²) >= 11 is 0. The summed E-state index contributed by atoms with van der Waals surface area (Å²) in [5.74, 6) is -0.122. The molecule has 7 nitrogen and oxygen atoms in total. The number of aromatic nitrogens is 3. The summed E-state index contributed by atoms with van der Waals surface area (Å²) < 4.78 is 16.1. The predicted molar refractivity (Wildman–Crippen MR) is 134 cm³/mol. The number of fused-ring (bicyclic) bond motifs is 1. The van der Waals surface area contributed by atoms with Crippen molar-refractivity contribution in [2.24, 2.45) is 5.10 Å². The molecule has 0 aliphatic rings. The predicted octanol–water partition coefficient (Wildman–Crippen LogP) is 4.90. The number of nitrogens with one attached hydrogen (secondary N) is 2. The average Bonchev–Trinajstić information content (AvgIpc) is 3.27. The maximum Gasteiger partial charge on any atom is 0.270 e. The van der Waals surface area contributed by atoms with E-state index in [0.717, 1.165) is 16.5 Å². The number of hydrogen-bond acceptors (Lipinski definition) is 5. The number of H-pyrrole nitrogens is 1. The van der Waals surface area contributed by atoms with Gasteiger partial charge in [0.2, 0.25) is 5.95 Å². The number of halogens is 1. The van der Waals surface area contributed by atoms with E-state index in [1.54, 1.807) is 30.5 Å². The topological polar surface area (TPSA) is 98.9 Å². The van der Waals surface area contributed by atoms with Gasteiger partial charge in [-0.1, -0.05) is 60.7 Å². The number of benzene rings is 3. The van der Waals surface area contributed by atoms with Gasteiger partial charge in [0, 0.05) is 22.8 Å². The lowest BCUT2D eigenvalue weighted by Crippen LogP contribution is -2.16. The van der Waals surface area contributed by atoms with Gasteiger partial charge >= 0.3 is 0 Å². The molecule has 5 aromatic rings. The second kappa shape index (κ2) is 9.45. The Morgan fingerprint density at radius 1 is 1.09 bits per heavy atom. The fraction of sp³-hybridized carbons (Fsp3) is 0.0370. The van der Waals surface area contributed by atoms with Crippen LogP contribution in [-0.2, 0) is 6.54 Å². The van der Waals surface area contributed by atoms with Crippen LogP contribution in [0.1, 0.15) is 16.7 Å². The highest BCUT2D eigenvalue weighted by Gasteiger charge is 2.13. The van der Waals surface area contributed by atoms with Crippen LogP contribution in [0.2, 0.25) is 0 Å². The van der Waals surface area contributed by atoms with E-state index in [2.05, 4.69) is 20.5 Å².